The highest BCUT2D eigenvalue weighted by molar-refractivity contribution is 6.03. The summed E-state index contributed by atoms with van der Waals surface area (Å²) in [6, 6.07) is 3.82. The summed E-state index contributed by atoms with van der Waals surface area (Å²) in [7, 11) is 3.99. The van der Waals surface area contributed by atoms with E-state index >= 15 is 0 Å². The molecule has 0 heterocycles. The largest absolute Gasteiger partial charge is 0.490 e. The summed E-state index contributed by atoms with van der Waals surface area (Å²) in [5.41, 5.74) is 1.87. The molecule has 1 atom stereocenters. The fourth-order valence-corrected chi connectivity index (χ4v) is 2.70. The van der Waals surface area contributed by atoms with Gasteiger partial charge in [-0.25, -0.2) is 0 Å². The third-order valence-electron chi connectivity index (χ3n) is 3.46. The summed E-state index contributed by atoms with van der Waals surface area (Å²) >= 11 is 0. The Hall–Kier alpha value is -1.55. The molecule has 0 aromatic heterocycles. The first kappa shape index (κ1) is 14.9. The normalized spacial score (nSPS) is 17.4. The van der Waals surface area contributed by atoms with Crippen LogP contribution in [0.5, 0.6) is 11.5 Å². The number of hydrogen-bond acceptors (Lipinski definition) is 4. The number of rotatable bonds is 6. The van der Waals surface area contributed by atoms with E-state index in [9.17, 15) is 4.79 Å². The zero-order valence-corrected chi connectivity index (χ0v) is 12.7. The lowest BCUT2D eigenvalue weighted by atomic mass is 10.1. The predicted molar refractivity (Wildman–Crippen MR) is 78.9 cm³/mol. The zero-order chi connectivity index (χ0) is 14.7. The van der Waals surface area contributed by atoms with Gasteiger partial charge in [0.15, 0.2) is 17.3 Å². The van der Waals surface area contributed by atoms with Gasteiger partial charge in [0, 0.05) is 18.0 Å². The van der Waals surface area contributed by atoms with Gasteiger partial charge in [-0.3, -0.25) is 4.79 Å². The number of carbonyl (C=O) groups is 1. The zero-order valence-electron chi connectivity index (χ0n) is 12.7. The number of fused-ring (bicyclic) bond motifs is 1. The number of nitrogens with zero attached hydrogens (tertiary/aromatic N) is 1. The van der Waals surface area contributed by atoms with Crippen molar-refractivity contribution in [2.45, 2.75) is 20.3 Å². The number of ketones is 1. The van der Waals surface area contributed by atoms with Gasteiger partial charge < -0.3 is 14.4 Å². The molecule has 0 saturated heterocycles. The third kappa shape index (κ3) is 2.96. The minimum absolute atomic E-state index is 0.0475. The van der Waals surface area contributed by atoms with E-state index in [4.69, 9.17) is 9.47 Å². The van der Waals surface area contributed by atoms with Crippen molar-refractivity contribution in [3.05, 3.63) is 23.3 Å². The molecule has 0 spiro atoms. The maximum Gasteiger partial charge on any atom is 0.167 e. The number of carbonyl (C=O) groups excluding carboxylic acids is 1. The number of Topliss-reactive ketones (excluding diaryl/α,β-unsaturated/α-hetero) is 1. The maximum absolute atomic E-state index is 12.4. The Morgan fingerprint density at radius 1 is 1.15 bits per heavy atom. The minimum Gasteiger partial charge on any atom is -0.490 e. The molecule has 1 aromatic carbocycles. The molecule has 1 aromatic rings. The van der Waals surface area contributed by atoms with Crippen molar-refractivity contribution in [3.8, 4) is 11.5 Å². The fourth-order valence-electron chi connectivity index (χ4n) is 2.70. The predicted octanol–water partition coefficient (Wildman–Crippen LogP) is 2.40. The standard InChI is InChI=1S/C16H23NO3/c1-5-19-14-8-11-7-12(10-17(3)4)16(18)13(11)9-15(14)20-6-2/h8-9,12H,5-7,10H2,1-4H3. The van der Waals surface area contributed by atoms with Gasteiger partial charge in [0.1, 0.15) is 0 Å². The average Bonchev–Trinajstić information content (AvgIpc) is 2.67. The summed E-state index contributed by atoms with van der Waals surface area (Å²) < 4.78 is 11.2. The Balaban J connectivity index is 2.31. The molecule has 4 nitrogen and oxygen atoms in total. The maximum atomic E-state index is 12.4. The monoisotopic (exact) mass is 277 g/mol. The lowest BCUT2D eigenvalue weighted by Crippen LogP contribution is -2.25. The summed E-state index contributed by atoms with van der Waals surface area (Å²) in [6.45, 7) is 5.81. The molecule has 0 aliphatic heterocycles. The molecule has 0 N–H and O–H groups in total. The third-order valence-corrected chi connectivity index (χ3v) is 3.46. The molecule has 1 aliphatic carbocycles. The molecular formula is C16H23NO3. The highest BCUT2D eigenvalue weighted by Gasteiger charge is 2.32. The van der Waals surface area contributed by atoms with Gasteiger partial charge in [0.2, 0.25) is 0 Å². The van der Waals surface area contributed by atoms with Gasteiger partial charge in [0.25, 0.3) is 0 Å². The SMILES string of the molecule is CCOc1cc2c(cc1OCC)C(=O)C(CN(C)C)C2. The van der Waals surface area contributed by atoms with Gasteiger partial charge in [0.05, 0.1) is 13.2 Å². The lowest BCUT2D eigenvalue weighted by Gasteiger charge is -2.13. The second-order valence-corrected chi connectivity index (χ2v) is 5.35. The molecule has 0 saturated carbocycles. The van der Waals surface area contributed by atoms with Crippen LogP contribution in [-0.2, 0) is 6.42 Å². The van der Waals surface area contributed by atoms with Crippen LogP contribution in [0.25, 0.3) is 0 Å². The van der Waals surface area contributed by atoms with Crippen LogP contribution in [-0.4, -0.2) is 44.5 Å². The van der Waals surface area contributed by atoms with Crippen LogP contribution in [0.2, 0.25) is 0 Å². The van der Waals surface area contributed by atoms with Gasteiger partial charge in [-0.1, -0.05) is 0 Å². The van der Waals surface area contributed by atoms with Gasteiger partial charge in [-0.2, -0.15) is 0 Å². The molecule has 0 fully saturated rings. The first-order chi connectivity index (χ1) is 9.56. The van der Waals surface area contributed by atoms with Gasteiger partial charge in [-0.15, -0.1) is 0 Å². The number of benzene rings is 1. The molecule has 4 heteroatoms. The van der Waals surface area contributed by atoms with Crippen molar-refractivity contribution >= 4 is 5.78 Å². The van der Waals surface area contributed by atoms with E-state index in [0.29, 0.717) is 19.0 Å². The molecule has 2 rings (SSSR count). The van der Waals surface area contributed by atoms with E-state index < -0.39 is 0 Å². The van der Waals surface area contributed by atoms with Crippen LogP contribution in [0.15, 0.2) is 12.1 Å². The Morgan fingerprint density at radius 2 is 1.75 bits per heavy atom. The summed E-state index contributed by atoms with van der Waals surface area (Å²) in [6.07, 6.45) is 0.791. The Morgan fingerprint density at radius 3 is 2.30 bits per heavy atom. The van der Waals surface area contributed by atoms with Gasteiger partial charge >= 0.3 is 0 Å². The average molecular weight is 277 g/mol. The van der Waals surface area contributed by atoms with Crippen molar-refractivity contribution in [2.24, 2.45) is 5.92 Å². The molecule has 20 heavy (non-hydrogen) atoms. The molecule has 1 aliphatic rings. The number of ether oxygens (including phenoxy) is 2. The van der Waals surface area contributed by atoms with Crippen molar-refractivity contribution in [1.29, 1.82) is 0 Å². The van der Waals surface area contributed by atoms with E-state index in [-0.39, 0.29) is 11.7 Å². The van der Waals surface area contributed by atoms with Gasteiger partial charge in [-0.05, 0) is 52.1 Å². The molecule has 1 unspecified atom stereocenters. The van der Waals surface area contributed by atoms with Crippen LogP contribution in [0.4, 0.5) is 0 Å². The van der Waals surface area contributed by atoms with Crippen molar-refractivity contribution < 1.29 is 14.3 Å². The van der Waals surface area contributed by atoms with E-state index in [1.807, 2.05) is 40.1 Å². The van der Waals surface area contributed by atoms with Crippen molar-refractivity contribution in [3.63, 3.8) is 0 Å². The molecule has 0 radical (unpaired) electrons. The minimum atomic E-state index is 0.0475. The Kier molecular flexibility index (Phi) is 4.65. The van der Waals surface area contributed by atoms with Crippen LogP contribution >= 0.6 is 0 Å². The fraction of sp³-hybridized carbons (Fsp3) is 0.562. The van der Waals surface area contributed by atoms with Crippen LogP contribution in [0.3, 0.4) is 0 Å². The molecule has 0 bridgehead atoms. The first-order valence-electron chi connectivity index (χ1n) is 7.18. The summed E-state index contributed by atoms with van der Waals surface area (Å²) in [5, 5.41) is 0. The summed E-state index contributed by atoms with van der Waals surface area (Å²) in [4.78, 5) is 14.5. The quantitative estimate of drug-likeness (QED) is 0.800. The first-order valence-corrected chi connectivity index (χ1v) is 7.18. The van der Waals surface area contributed by atoms with E-state index in [2.05, 4.69) is 4.90 Å². The highest BCUT2D eigenvalue weighted by atomic mass is 16.5. The molecular weight excluding hydrogens is 254 g/mol. The van der Waals surface area contributed by atoms with E-state index in [1.54, 1.807) is 0 Å². The number of hydrogen-bond donors (Lipinski definition) is 0. The smallest absolute Gasteiger partial charge is 0.167 e. The van der Waals surface area contributed by atoms with Crippen molar-refractivity contribution in [1.82, 2.24) is 4.90 Å². The second-order valence-electron chi connectivity index (χ2n) is 5.35. The second kappa shape index (κ2) is 6.27. The van der Waals surface area contributed by atoms with Crippen LogP contribution < -0.4 is 9.47 Å². The molecule has 0 amide bonds. The van der Waals surface area contributed by atoms with E-state index in [1.165, 1.54) is 0 Å². The highest BCUT2D eigenvalue weighted by Crippen LogP contribution is 2.37. The Labute approximate surface area is 120 Å². The van der Waals surface area contributed by atoms with Crippen LogP contribution in [0.1, 0.15) is 29.8 Å². The topological polar surface area (TPSA) is 38.8 Å². The summed E-state index contributed by atoms with van der Waals surface area (Å²) in [5.74, 6) is 1.68. The van der Waals surface area contributed by atoms with Crippen molar-refractivity contribution in [2.75, 3.05) is 33.9 Å². The lowest BCUT2D eigenvalue weighted by molar-refractivity contribution is 0.0916. The molecule has 110 valence electrons. The Bertz CT molecular complexity index is 497. The van der Waals surface area contributed by atoms with E-state index in [0.717, 1.165) is 29.8 Å². The van der Waals surface area contributed by atoms with Crippen LogP contribution in [0, 0.1) is 5.92 Å².